The zero-order valence-electron chi connectivity index (χ0n) is 13.0. The summed E-state index contributed by atoms with van der Waals surface area (Å²) >= 11 is 0. The maximum Gasteiger partial charge on any atom is 0.327 e. The van der Waals surface area contributed by atoms with E-state index in [1.165, 1.54) is 0 Å². The molecule has 0 saturated heterocycles. The van der Waals surface area contributed by atoms with E-state index < -0.39 is 0 Å². The minimum absolute atomic E-state index is 0.149. The molecule has 0 aliphatic carbocycles. The number of nitrogens with two attached hydrogens (primary N) is 1. The molecule has 5 nitrogen and oxygen atoms in total. The van der Waals surface area contributed by atoms with Crippen molar-refractivity contribution in [2.24, 2.45) is 0 Å². The molecule has 0 atom stereocenters. The van der Waals surface area contributed by atoms with Gasteiger partial charge in [0.2, 0.25) is 5.88 Å². The van der Waals surface area contributed by atoms with Gasteiger partial charge in [-0.3, -0.25) is 0 Å². The van der Waals surface area contributed by atoms with E-state index >= 15 is 0 Å². The third kappa shape index (κ3) is 3.97. The lowest BCUT2D eigenvalue weighted by molar-refractivity contribution is 0.412. The summed E-state index contributed by atoms with van der Waals surface area (Å²) in [5, 5.41) is 0. The van der Waals surface area contributed by atoms with Crippen molar-refractivity contribution in [2.45, 2.75) is 13.8 Å². The number of rotatable bonds is 4. The summed E-state index contributed by atoms with van der Waals surface area (Å²) in [6, 6.07) is 17.0. The van der Waals surface area contributed by atoms with Crippen molar-refractivity contribution in [3.8, 4) is 23.4 Å². The van der Waals surface area contributed by atoms with Crippen molar-refractivity contribution in [3.63, 3.8) is 0 Å². The van der Waals surface area contributed by atoms with Gasteiger partial charge in [-0.15, -0.1) is 0 Å². The number of hydrogen-bond acceptors (Lipinski definition) is 5. The molecule has 1 heterocycles. The second-order valence-corrected chi connectivity index (χ2v) is 5.24. The molecule has 23 heavy (non-hydrogen) atoms. The monoisotopic (exact) mass is 307 g/mol. The summed E-state index contributed by atoms with van der Waals surface area (Å²) in [5.41, 5.74) is 8.11. The van der Waals surface area contributed by atoms with Gasteiger partial charge in [-0.1, -0.05) is 35.4 Å². The molecule has 1 aromatic heterocycles. The Morgan fingerprint density at radius 2 is 1.26 bits per heavy atom. The van der Waals surface area contributed by atoms with Crippen molar-refractivity contribution < 1.29 is 9.47 Å². The van der Waals surface area contributed by atoms with Crippen LogP contribution in [-0.2, 0) is 0 Å². The Hall–Kier alpha value is -3.08. The number of nitrogen functional groups attached to an aromatic ring is 1. The van der Waals surface area contributed by atoms with E-state index in [1.54, 1.807) is 6.07 Å². The SMILES string of the molecule is Cc1ccc(Oc2cc(N)nc(Oc3ccc(C)cc3)n2)cc1. The first-order valence-corrected chi connectivity index (χ1v) is 7.22. The van der Waals surface area contributed by atoms with Crippen LogP contribution in [0.5, 0.6) is 23.4 Å². The van der Waals surface area contributed by atoms with Crippen LogP contribution in [0.1, 0.15) is 11.1 Å². The standard InChI is InChI=1S/C18H17N3O2/c1-12-3-7-14(8-4-12)22-17-11-16(19)20-18(21-17)23-15-9-5-13(2)6-10-15/h3-11H,1-2H3,(H2,19,20,21). The van der Waals surface area contributed by atoms with Crippen LogP contribution in [0, 0.1) is 13.8 Å². The molecule has 0 aliphatic heterocycles. The average Bonchev–Trinajstić information content (AvgIpc) is 2.51. The second-order valence-electron chi connectivity index (χ2n) is 5.24. The number of anilines is 1. The van der Waals surface area contributed by atoms with Gasteiger partial charge in [0, 0.05) is 6.07 Å². The van der Waals surface area contributed by atoms with Crippen LogP contribution in [0.2, 0.25) is 0 Å². The van der Waals surface area contributed by atoms with Gasteiger partial charge < -0.3 is 15.2 Å². The van der Waals surface area contributed by atoms with E-state index in [1.807, 2.05) is 62.4 Å². The van der Waals surface area contributed by atoms with Gasteiger partial charge in [0.05, 0.1) is 0 Å². The van der Waals surface area contributed by atoms with Gasteiger partial charge in [0.15, 0.2) is 0 Å². The summed E-state index contributed by atoms with van der Waals surface area (Å²) in [4.78, 5) is 8.31. The number of aromatic nitrogens is 2. The Morgan fingerprint density at radius 3 is 1.83 bits per heavy atom. The van der Waals surface area contributed by atoms with E-state index in [0.29, 0.717) is 17.4 Å². The Kier molecular flexibility index (Phi) is 4.10. The lowest BCUT2D eigenvalue weighted by Crippen LogP contribution is -1.99. The van der Waals surface area contributed by atoms with Crippen LogP contribution < -0.4 is 15.2 Å². The highest BCUT2D eigenvalue weighted by Crippen LogP contribution is 2.25. The number of nitrogens with zero attached hydrogens (tertiary/aromatic N) is 2. The highest BCUT2D eigenvalue weighted by Gasteiger charge is 2.07. The topological polar surface area (TPSA) is 70.3 Å². The summed E-state index contributed by atoms with van der Waals surface area (Å²) < 4.78 is 11.3. The fourth-order valence-corrected chi connectivity index (χ4v) is 1.96. The fraction of sp³-hybridized carbons (Fsp3) is 0.111. The van der Waals surface area contributed by atoms with Crippen molar-refractivity contribution >= 4 is 5.82 Å². The molecule has 0 spiro atoms. The largest absolute Gasteiger partial charge is 0.439 e. The Labute approximate surface area is 134 Å². The zero-order chi connectivity index (χ0) is 16.2. The first kappa shape index (κ1) is 14.8. The van der Waals surface area contributed by atoms with Crippen molar-refractivity contribution in [2.75, 3.05) is 5.73 Å². The molecule has 2 N–H and O–H groups in total. The van der Waals surface area contributed by atoms with E-state index in [0.717, 1.165) is 11.1 Å². The molecule has 0 bridgehead atoms. The van der Waals surface area contributed by atoms with Crippen molar-refractivity contribution in [1.29, 1.82) is 0 Å². The van der Waals surface area contributed by atoms with Gasteiger partial charge in [-0.2, -0.15) is 9.97 Å². The number of hydrogen-bond donors (Lipinski definition) is 1. The number of aryl methyl sites for hydroxylation is 2. The first-order valence-electron chi connectivity index (χ1n) is 7.22. The van der Waals surface area contributed by atoms with E-state index in [-0.39, 0.29) is 11.8 Å². The average molecular weight is 307 g/mol. The maximum atomic E-state index is 5.80. The molecule has 5 heteroatoms. The zero-order valence-corrected chi connectivity index (χ0v) is 13.0. The molecule has 0 amide bonds. The molecule has 3 aromatic rings. The van der Waals surface area contributed by atoms with Gasteiger partial charge in [0.25, 0.3) is 0 Å². The predicted molar refractivity (Wildman–Crippen MR) is 89.0 cm³/mol. The summed E-state index contributed by atoms with van der Waals surface area (Å²) in [6.07, 6.45) is 0. The summed E-state index contributed by atoms with van der Waals surface area (Å²) in [6.45, 7) is 4.02. The number of benzene rings is 2. The lowest BCUT2D eigenvalue weighted by Gasteiger charge is -2.08. The highest BCUT2D eigenvalue weighted by molar-refractivity contribution is 5.38. The smallest absolute Gasteiger partial charge is 0.327 e. The Balaban J connectivity index is 1.81. The highest BCUT2D eigenvalue weighted by atomic mass is 16.5. The van der Waals surface area contributed by atoms with Crippen LogP contribution >= 0.6 is 0 Å². The maximum absolute atomic E-state index is 5.80. The fourth-order valence-electron chi connectivity index (χ4n) is 1.96. The number of ether oxygens (including phenoxy) is 2. The van der Waals surface area contributed by atoms with Crippen molar-refractivity contribution in [1.82, 2.24) is 9.97 Å². The molecule has 0 fully saturated rings. The summed E-state index contributed by atoms with van der Waals surface area (Å²) in [5.74, 6) is 1.94. The first-order chi connectivity index (χ1) is 11.1. The molecular formula is C18H17N3O2. The molecular weight excluding hydrogens is 290 g/mol. The van der Waals surface area contributed by atoms with E-state index in [2.05, 4.69) is 9.97 Å². The molecule has 0 saturated carbocycles. The quantitative estimate of drug-likeness (QED) is 0.779. The van der Waals surface area contributed by atoms with Gasteiger partial charge in [-0.05, 0) is 38.1 Å². The Morgan fingerprint density at radius 1 is 0.739 bits per heavy atom. The molecule has 0 radical (unpaired) electrons. The summed E-state index contributed by atoms with van der Waals surface area (Å²) in [7, 11) is 0. The van der Waals surface area contributed by atoms with Crippen LogP contribution in [0.15, 0.2) is 54.6 Å². The molecule has 2 aromatic carbocycles. The minimum atomic E-state index is 0.149. The lowest BCUT2D eigenvalue weighted by atomic mass is 10.2. The third-order valence-corrected chi connectivity index (χ3v) is 3.18. The molecule has 116 valence electrons. The van der Waals surface area contributed by atoms with Crippen LogP contribution in [0.4, 0.5) is 5.82 Å². The molecule has 0 unspecified atom stereocenters. The normalized spacial score (nSPS) is 10.3. The third-order valence-electron chi connectivity index (χ3n) is 3.18. The van der Waals surface area contributed by atoms with E-state index in [9.17, 15) is 0 Å². The van der Waals surface area contributed by atoms with Crippen LogP contribution in [-0.4, -0.2) is 9.97 Å². The van der Waals surface area contributed by atoms with Gasteiger partial charge >= 0.3 is 6.01 Å². The molecule has 3 rings (SSSR count). The Bertz CT molecular complexity index is 734. The van der Waals surface area contributed by atoms with Gasteiger partial charge in [0.1, 0.15) is 17.3 Å². The molecule has 0 aliphatic rings. The van der Waals surface area contributed by atoms with Crippen LogP contribution in [0.3, 0.4) is 0 Å². The second kappa shape index (κ2) is 6.36. The van der Waals surface area contributed by atoms with E-state index in [4.69, 9.17) is 15.2 Å². The predicted octanol–water partition coefficient (Wildman–Crippen LogP) is 4.26. The minimum Gasteiger partial charge on any atom is -0.439 e. The van der Waals surface area contributed by atoms with Crippen molar-refractivity contribution in [3.05, 3.63) is 65.7 Å². The van der Waals surface area contributed by atoms with Gasteiger partial charge in [-0.25, -0.2) is 0 Å². The van der Waals surface area contributed by atoms with Crippen LogP contribution in [0.25, 0.3) is 0 Å².